The zero-order valence-corrected chi connectivity index (χ0v) is 18.0. The summed E-state index contributed by atoms with van der Waals surface area (Å²) in [6.07, 6.45) is 8.53. The van der Waals surface area contributed by atoms with Gasteiger partial charge in [0.25, 0.3) is 0 Å². The van der Waals surface area contributed by atoms with E-state index in [2.05, 4.69) is 36.5 Å². The highest BCUT2D eigenvalue weighted by molar-refractivity contribution is 14.0. The van der Waals surface area contributed by atoms with Gasteiger partial charge in [0.05, 0.1) is 12.2 Å². The molecule has 138 valence electrons. The predicted molar refractivity (Wildman–Crippen MR) is 112 cm³/mol. The van der Waals surface area contributed by atoms with E-state index in [9.17, 15) is 0 Å². The predicted octanol–water partition coefficient (Wildman–Crippen LogP) is 3.55. The Hall–Kier alpha value is -0.790. The standard InChI is InChI=1S/C18H33N5.HI/c1-5-16-15(17(6-2)23(4)22-16)13-20-18(19-7-3)21-14-11-9-8-10-12-14;/h14H,5-13H2,1-4H3,(H2,19,20,21);1H. The molecule has 0 radical (unpaired) electrons. The van der Waals surface area contributed by atoms with E-state index in [0.29, 0.717) is 12.6 Å². The molecule has 0 atom stereocenters. The Labute approximate surface area is 164 Å². The van der Waals surface area contributed by atoms with Gasteiger partial charge in [-0.2, -0.15) is 5.10 Å². The summed E-state index contributed by atoms with van der Waals surface area (Å²) >= 11 is 0. The Balaban J connectivity index is 0.00000288. The van der Waals surface area contributed by atoms with Crippen molar-refractivity contribution in [2.45, 2.75) is 78.3 Å². The lowest BCUT2D eigenvalue weighted by molar-refractivity contribution is 0.410. The second-order valence-electron chi connectivity index (χ2n) is 6.38. The fraction of sp³-hybridized carbons (Fsp3) is 0.778. The smallest absolute Gasteiger partial charge is 0.191 e. The average Bonchev–Trinajstić information content (AvgIpc) is 2.88. The summed E-state index contributed by atoms with van der Waals surface area (Å²) in [7, 11) is 2.04. The van der Waals surface area contributed by atoms with Crippen molar-refractivity contribution in [2.75, 3.05) is 6.54 Å². The molecule has 0 amide bonds. The molecule has 1 saturated carbocycles. The van der Waals surface area contributed by atoms with Crippen LogP contribution in [0, 0.1) is 0 Å². The molecule has 0 unspecified atom stereocenters. The number of aliphatic imine (C=N–C) groups is 1. The number of aryl methyl sites for hydroxylation is 2. The van der Waals surface area contributed by atoms with Gasteiger partial charge in [0.2, 0.25) is 0 Å². The molecule has 1 aliphatic rings. The van der Waals surface area contributed by atoms with Gasteiger partial charge in [0.15, 0.2) is 5.96 Å². The van der Waals surface area contributed by atoms with Crippen LogP contribution in [0.25, 0.3) is 0 Å². The first kappa shape index (κ1) is 21.3. The highest BCUT2D eigenvalue weighted by Crippen LogP contribution is 2.18. The van der Waals surface area contributed by atoms with Crippen LogP contribution in [-0.4, -0.2) is 28.3 Å². The van der Waals surface area contributed by atoms with E-state index in [4.69, 9.17) is 4.99 Å². The minimum absolute atomic E-state index is 0. The second kappa shape index (κ2) is 10.9. The van der Waals surface area contributed by atoms with Crippen molar-refractivity contribution in [2.24, 2.45) is 12.0 Å². The Bertz CT molecular complexity index is 518. The molecule has 2 rings (SSSR count). The van der Waals surface area contributed by atoms with Crippen molar-refractivity contribution in [1.82, 2.24) is 20.4 Å². The van der Waals surface area contributed by atoms with E-state index in [1.165, 1.54) is 49.1 Å². The number of rotatable bonds is 6. The number of nitrogens with one attached hydrogen (secondary N) is 2. The summed E-state index contributed by atoms with van der Waals surface area (Å²) in [5.74, 6) is 0.951. The molecule has 1 fully saturated rings. The van der Waals surface area contributed by atoms with Gasteiger partial charge in [-0.3, -0.25) is 4.68 Å². The van der Waals surface area contributed by atoms with Gasteiger partial charge in [-0.15, -0.1) is 24.0 Å². The number of nitrogens with zero attached hydrogens (tertiary/aromatic N) is 3. The van der Waals surface area contributed by atoms with Crippen LogP contribution in [0.4, 0.5) is 0 Å². The molecule has 0 spiro atoms. The molecule has 1 aromatic rings. The number of guanidine groups is 1. The van der Waals surface area contributed by atoms with E-state index < -0.39 is 0 Å². The molecule has 0 aromatic carbocycles. The van der Waals surface area contributed by atoms with Crippen molar-refractivity contribution >= 4 is 29.9 Å². The first-order chi connectivity index (χ1) is 11.2. The third-order valence-electron chi connectivity index (χ3n) is 4.71. The highest BCUT2D eigenvalue weighted by Gasteiger charge is 2.16. The molecular formula is C18H34IN5. The highest BCUT2D eigenvalue weighted by atomic mass is 127. The molecule has 1 aliphatic carbocycles. The monoisotopic (exact) mass is 447 g/mol. The maximum atomic E-state index is 4.85. The van der Waals surface area contributed by atoms with E-state index in [-0.39, 0.29) is 24.0 Å². The summed E-state index contributed by atoms with van der Waals surface area (Å²) in [4.78, 5) is 4.85. The van der Waals surface area contributed by atoms with Crippen molar-refractivity contribution in [1.29, 1.82) is 0 Å². The molecule has 0 saturated heterocycles. The van der Waals surface area contributed by atoms with Crippen molar-refractivity contribution in [3.8, 4) is 0 Å². The largest absolute Gasteiger partial charge is 0.357 e. The molecule has 24 heavy (non-hydrogen) atoms. The van der Waals surface area contributed by atoms with Gasteiger partial charge in [-0.05, 0) is 32.6 Å². The van der Waals surface area contributed by atoms with Crippen LogP contribution in [0.3, 0.4) is 0 Å². The number of hydrogen-bond acceptors (Lipinski definition) is 2. The second-order valence-corrected chi connectivity index (χ2v) is 6.38. The molecule has 0 bridgehead atoms. The Kier molecular flexibility index (Phi) is 9.69. The molecule has 5 nitrogen and oxygen atoms in total. The van der Waals surface area contributed by atoms with Gasteiger partial charge in [-0.25, -0.2) is 4.99 Å². The third-order valence-corrected chi connectivity index (χ3v) is 4.71. The quantitative estimate of drug-likeness (QED) is 0.399. The first-order valence-electron chi connectivity index (χ1n) is 9.27. The average molecular weight is 447 g/mol. The maximum Gasteiger partial charge on any atom is 0.191 e. The lowest BCUT2D eigenvalue weighted by Gasteiger charge is -2.24. The Morgan fingerprint density at radius 3 is 2.46 bits per heavy atom. The minimum Gasteiger partial charge on any atom is -0.357 e. The summed E-state index contributed by atoms with van der Waals surface area (Å²) < 4.78 is 2.02. The fourth-order valence-electron chi connectivity index (χ4n) is 3.49. The summed E-state index contributed by atoms with van der Waals surface area (Å²) in [5, 5.41) is 11.7. The fourth-order valence-corrected chi connectivity index (χ4v) is 3.49. The van der Waals surface area contributed by atoms with Gasteiger partial charge in [-0.1, -0.05) is 33.1 Å². The maximum absolute atomic E-state index is 4.85. The molecule has 6 heteroatoms. The number of hydrogen-bond donors (Lipinski definition) is 2. The molecule has 1 heterocycles. The van der Waals surface area contributed by atoms with Crippen LogP contribution in [0.5, 0.6) is 0 Å². The van der Waals surface area contributed by atoms with E-state index in [1.54, 1.807) is 0 Å². The number of halogens is 1. The lowest BCUT2D eigenvalue weighted by atomic mass is 9.96. The van der Waals surface area contributed by atoms with Crippen LogP contribution >= 0.6 is 24.0 Å². The topological polar surface area (TPSA) is 54.2 Å². The van der Waals surface area contributed by atoms with E-state index >= 15 is 0 Å². The SMILES string of the molecule is CCNC(=NCc1c(CC)nn(C)c1CC)NC1CCCCC1.I. The zero-order valence-electron chi connectivity index (χ0n) is 15.7. The van der Waals surface area contributed by atoms with E-state index in [0.717, 1.165) is 25.3 Å². The van der Waals surface area contributed by atoms with Crippen LogP contribution in [-0.2, 0) is 26.4 Å². The van der Waals surface area contributed by atoms with Crippen molar-refractivity contribution in [3.05, 3.63) is 17.0 Å². The van der Waals surface area contributed by atoms with Gasteiger partial charge in [0.1, 0.15) is 0 Å². The molecule has 2 N–H and O–H groups in total. The minimum atomic E-state index is 0. The van der Waals surface area contributed by atoms with Crippen molar-refractivity contribution < 1.29 is 0 Å². The van der Waals surface area contributed by atoms with Gasteiger partial charge < -0.3 is 10.6 Å². The number of aromatic nitrogens is 2. The van der Waals surface area contributed by atoms with E-state index in [1.807, 2.05) is 11.7 Å². The molecule has 0 aliphatic heterocycles. The van der Waals surface area contributed by atoms with Gasteiger partial charge >= 0.3 is 0 Å². The van der Waals surface area contributed by atoms with Crippen LogP contribution in [0.15, 0.2) is 4.99 Å². The Morgan fingerprint density at radius 1 is 1.17 bits per heavy atom. The Morgan fingerprint density at radius 2 is 1.88 bits per heavy atom. The normalized spacial score (nSPS) is 15.9. The van der Waals surface area contributed by atoms with Gasteiger partial charge in [0, 0.05) is 30.9 Å². The molecular weight excluding hydrogens is 413 g/mol. The van der Waals surface area contributed by atoms with Crippen LogP contribution < -0.4 is 10.6 Å². The summed E-state index contributed by atoms with van der Waals surface area (Å²) in [6, 6.07) is 0.576. The summed E-state index contributed by atoms with van der Waals surface area (Å²) in [6.45, 7) is 8.09. The third kappa shape index (κ3) is 5.63. The van der Waals surface area contributed by atoms with Crippen LogP contribution in [0.2, 0.25) is 0 Å². The summed E-state index contributed by atoms with van der Waals surface area (Å²) in [5.41, 5.74) is 3.79. The van der Waals surface area contributed by atoms with Crippen LogP contribution in [0.1, 0.15) is 69.8 Å². The lowest BCUT2D eigenvalue weighted by Crippen LogP contribution is -2.44. The zero-order chi connectivity index (χ0) is 16.7. The van der Waals surface area contributed by atoms with Crippen molar-refractivity contribution in [3.63, 3.8) is 0 Å². The first-order valence-corrected chi connectivity index (χ1v) is 9.27. The molecule has 1 aromatic heterocycles.